The summed E-state index contributed by atoms with van der Waals surface area (Å²) in [5, 5.41) is 0.913. The zero-order valence-corrected chi connectivity index (χ0v) is 19.2. The molecule has 0 spiro atoms. The lowest BCUT2D eigenvalue weighted by molar-refractivity contribution is -0.274. The van der Waals surface area contributed by atoms with Crippen LogP contribution in [0.3, 0.4) is 0 Å². The predicted octanol–water partition coefficient (Wildman–Crippen LogP) is 5.20. The average Bonchev–Trinajstić information content (AvgIpc) is 3.13. The van der Waals surface area contributed by atoms with Gasteiger partial charge in [-0.2, -0.15) is 0 Å². The van der Waals surface area contributed by atoms with Crippen LogP contribution in [-0.4, -0.2) is 38.2 Å². The smallest absolute Gasteiger partial charge is 0.465 e. The SMILES string of the molecule is CCOC(=O)C(C)(C)Sc1nc2c([nH]c3ccccc32)c(=O)n1-c1ccc(OC(F)(F)F)cc1. The first-order chi connectivity index (χ1) is 16.0. The maximum atomic E-state index is 13.6. The summed E-state index contributed by atoms with van der Waals surface area (Å²) >= 11 is 1.02. The van der Waals surface area contributed by atoms with Crippen molar-refractivity contribution in [3.63, 3.8) is 0 Å². The Morgan fingerprint density at radius 3 is 2.44 bits per heavy atom. The van der Waals surface area contributed by atoms with Crippen molar-refractivity contribution in [3.05, 3.63) is 58.9 Å². The number of benzene rings is 2. The number of aromatic nitrogens is 3. The molecule has 178 valence electrons. The van der Waals surface area contributed by atoms with E-state index < -0.39 is 28.4 Å². The number of carbonyl (C=O) groups is 1. The molecule has 0 aliphatic carbocycles. The molecule has 4 rings (SSSR count). The van der Waals surface area contributed by atoms with Crippen LogP contribution in [0.2, 0.25) is 0 Å². The molecule has 0 amide bonds. The standard InChI is InChI=1S/C23H20F3N3O4S/c1-4-32-20(31)22(2,3)34-21-28-17-15-7-5-6-8-16(15)27-18(17)19(30)29(21)13-9-11-14(12-10-13)33-23(24,25)26/h5-12,27H,4H2,1-3H3. The van der Waals surface area contributed by atoms with E-state index >= 15 is 0 Å². The van der Waals surface area contributed by atoms with E-state index in [1.165, 1.54) is 16.7 Å². The van der Waals surface area contributed by atoms with Crippen molar-refractivity contribution in [2.24, 2.45) is 0 Å². The molecule has 0 radical (unpaired) electrons. The van der Waals surface area contributed by atoms with Crippen molar-refractivity contribution >= 4 is 39.7 Å². The molecule has 2 heterocycles. The molecule has 0 saturated carbocycles. The largest absolute Gasteiger partial charge is 0.573 e. The number of aromatic amines is 1. The molecule has 0 aliphatic rings. The summed E-state index contributed by atoms with van der Waals surface area (Å²) in [6.07, 6.45) is -4.84. The van der Waals surface area contributed by atoms with E-state index in [-0.39, 0.29) is 23.0 Å². The van der Waals surface area contributed by atoms with Gasteiger partial charge in [0.05, 0.1) is 12.3 Å². The zero-order valence-electron chi connectivity index (χ0n) is 18.4. The maximum absolute atomic E-state index is 13.6. The summed E-state index contributed by atoms with van der Waals surface area (Å²) in [7, 11) is 0. The minimum absolute atomic E-state index is 0.185. The number of hydrogen-bond donors (Lipinski definition) is 1. The molecule has 0 saturated heterocycles. The van der Waals surface area contributed by atoms with E-state index in [1.807, 2.05) is 18.2 Å². The van der Waals surface area contributed by atoms with Gasteiger partial charge in [0.1, 0.15) is 21.5 Å². The summed E-state index contributed by atoms with van der Waals surface area (Å²) < 4.78 is 46.9. The minimum atomic E-state index is -4.84. The Morgan fingerprint density at radius 2 is 1.79 bits per heavy atom. The lowest BCUT2D eigenvalue weighted by Crippen LogP contribution is -2.32. The molecule has 4 aromatic rings. The molecule has 34 heavy (non-hydrogen) atoms. The number of rotatable bonds is 6. The monoisotopic (exact) mass is 491 g/mol. The van der Waals surface area contributed by atoms with Gasteiger partial charge in [0, 0.05) is 10.9 Å². The molecule has 7 nitrogen and oxygen atoms in total. The molecule has 2 aromatic carbocycles. The summed E-state index contributed by atoms with van der Waals surface area (Å²) in [5.74, 6) is -0.918. The fourth-order valence-corrected chi connectivity index (χ4v) is 4.43. The van der Waals surface area contributed by atoms with Gasteiger partial charge in [-0.15, -0.1) is 13.2 Å². The van der Waals surface area contributed by atoms with Crippen molar-refractivity contribution in [1.82, 2.24) is 14.5 Å². The van der Waals surface area contributed by atoms with Crippen LogP contribution in [-0.2, 0) is 9.53 Å². The molecule has 0 unspecified atom stereocenters. The van der Waals surface area contributed by atoms with Crippen molar-refractivity contribution in [1.29, 1.82) is 0 Å². The normalized spacial score (nSPS) is 12.3. The van der Waals surface area contributed by atoms with Gasteiger partial charge in [0.2, 0.25) is 0 Å². The van der Waals surface area contributed by atoms with Gasteiger partial charge in [-0.1, -0.05) is 30.0 Å². The summed E-state index contributed by atoms with van der Waals surface area (Å²) in [6.45, 7) is 5.16. The molecular formula is C23H20F3N3O4S. The van der Waals surface area contributed by atoms with Gasteiger partial charge >= 0.3 is 12.3 Å². The number of alkyl halides is 3. The Kier molecular flexibility index (Phi) is 6.07. The Labute approximate surface area is 195 Å². The number of halogens is 3. The minimum Gasteiger partial charge on any atom is -0.465 e. The third-order valence-corrected chi connectivity index (χ3v) is 6.07. The van der Waals surface area contributed by atoms with Crippen LogP contribution in [0.15, 0.2) is 58.5 Å². The van der Waals surface area contributed by atoms with Crippen molar-refractivity contribution in [2.45, 2.75) is 37.0 Å². The van der Waals surface area contributed by atoms with Crippen LogP contribution >= 0.6 is 11.8 Å². The number of nitrogens with zero attached hydrogens (tertiary/aromatic N) is 2. The first-order valence-corrected chi connectivity index (χ1v) is 11.1. The van der Waals surface area contributed by atoms with Crippen molar-refractivity contribution in [3.8, 4) is 11.4 Å². The molecule has 0 atom stereocenters. The van der Waals surface area contributed by atoms with E-state index in [4.69, 9.17) is 4.74 Å². The number of esters is 1. The van der Waals surface area contributed by atoms with Crippen LogP contribution in [0.4, 0.5) is 13.2 Å². The number of thioether (sulfide) groups is 1. The van der Waals surface area contributed by atoms with Crippen LogP contribution < -0.4 is 10.3 Å². The fraction of sp³-hybridized carbons (Fsp3) is 0.261. The molecular weight excluding hydrogens is 471 g/mol. The van der Waals surface area contributed by atoms with Gasteiger partial charge in [-0.3, -0.25) is 14.2 Å². The van der Waals surface area contributed by atoms with Crippen molar-refractivity contribution < 1.29 is 27.4 Å². The average molecular weight is 491 g/mol. The lowest BCUT2D eigenvalue weighted by Gasteiger charge is -2.23. The molecule has 0 fully saturated rings. The predicted molar refractivity (Wildman–Crippen MR) is 122 cm³/mol. The number of para-hydroxylation sites is 1. The van der Waals surface area contributed by atoms with Crippen molar-refractivity contribution in [2.75, 3.05) is 6.61 Å². The highest BCUT2D eigenvalue weighted by molar-refractivity contribution is 8.01. The third kappa shape index (κ3) is 4.60. The molecule has 0 aliphatic heterocycles. The first kappa shape index (κ1) is 23.7. The highest BCUT2D eigenvalue weighted by Gasteiger charge is 2.34. The third-order valence-electron chi connectivity index (χ3n) is 4.94. The van der Waals surface area contributed by atoms with Gasteiger partial charge in [-0.05, 0) is 51.1 Å². The van der Waals surface area contributed by atoms with E-state index in [1.54, 1.807) is 26.8 Å². The van der Waals surface area contributed by atoms with Gasteiger partial charge in [0.15, 0.2) is 5.16 Å². The van der Waals surface area contributed by atoms with Crippen LogP contribution in [0.1, 0.15) is 20.8 Å². The highest BCUT2D eigenvalue weighted by atomic mass is 32.2. The van der Waals surface area contributed by atoms with Gasteiger partial charge in [0.25, 0.3) is 5.56 Å². The number of H-pyrrole nitrogens is 1. The van der Waals surface area contributed by atoms with E-state index in [0.29, 0.717) is 11.0 Å². The number of ether oxygens (including phenoxy) is 2. The molecule has 2 aromatic heterocycles. The number of carbonyl (C=O) groups excluding carboxylic acids is 1. The summed E-state index contributed by atoms with van der Waals surface area (Å²) in [4.78, 5) is 33.8. The fourth-order valence-electron chi connectivity index (χ4n) is 3.41. The van der Waals surface area contributed by atoms with Crippen LogP contribution in [0, 0.1) is 0 Å². The molecule has 1 N–H and O–H groups in total. The second kappa shape index (κ2) is 8.71. The lowest BCUT2D eigenvalue weighted by atomic mass is 10.2. The number of nitrogens with one attached hydrogen (secondary N) is 1. The summed E-state index contributed by atoms with van der Waals surface area (Å²) in [6, 6.07) is 12.1. The quantitative estimate of drug-likeness (QED) is 0.227. The van der Waals surface area contributed by atoms with E-state index in [9.17, 15) is 22.8 Å². The highest BCUT2D eigenvalue weighted by Crippen LogP contribution is 2.35. The second-order valence-corrected chi connectivity index (χ2v) is 9.39. The zero-order chi connectivity index (χ0) is 24.7. The Balaban J connectivity index is 1.91. The topological polar surface area (TPSA) is 86.2 Å². The Hall–Kier alpha value is -3.47. The van der Waals surface area contributed by atoms with Gasteiger partial charge in [-0.25, -0.2) is 4.98 Å². The molecule has 0 bridgehead atoms. The summed E-state index contributed by atoms with van der Waals surface area (Å²) in [5.41, 5.74) is 1.16. The Morgan fingerprint density at radius 1 is 1.12 bits per heavy atom. The van der Waals surface area contributed by atoms with E-state index in [0.717, 1.165) is 29.3 Å². The van der Waals surface area contributed by atoms with Crippen LogP contribution in [0.25, 0.3) is 27.6 Å². The number of hydrogen-bond acceptors (Lipinski definition) is 6. The maximum Gasteiger partial charge on any atom is 0.573 e. The number of fused-ring (bicyclic) bond motifs is 3. The molecule has 11 heteroatoms. The van der Waals surface area contributed by atoms with Gasteiger partial charge < -0.3 is 14.5 Å². The van der Waals surface area contributed by atoms with Crippen LogP contribution in [0.5, 0.6) is 5.75 Å². The Bertz CT molecular complexity index is 1430. The first-order valence-electron chi connectivity index (χ1n) is 10.3. The second-order valence-electron chi connectivity index (χ2n) is 7.80. The van der Waals surface area contributed by atoms with E-state index in [2.05, 4.69) is 14.7 Å².